The van der Waals surface area contributed by atoms with Gasteiger partial charge in [-0.1, -0.05) is 109 Å². The lowest BCUT2D eigenvalue weighted by atomic mass is 10.0. The number of aliphatic carboxylic acids is 6. The lowest BCUT2D eigenvalue weighted by Crippen LogP contribution is -2.36. The molecule has 368 valence electrons. The van der Waals surface area contributed by atoms with Gasteiger partial charge in [-0.3, -0.25) is 28.8 Å². The number of hydrogen-bond donors (Lipinski definition) is 14. The molecule has 0 bridgehead atoms. The van der Waals surface area contributed by atoms with Crippen molar-refractivity contribution in [2.24, 2.45) is 52.2 Å². The van der Waals surface area contributed by atoms with Crippen LogP contribution in [0.2, 0.25) is 0 Å². The second-order valence-corrected chi connectivity index (χ2v) is 15.9. The second-order valence-electron chi connectivity index (χ2n) is 15.9. The molecule has 0 saturated heterocycles. The number of hydrogen-bond acceptors (Lipinski definition) is 13. The number of fused-ring (bicyclic) bond motifs is 1. The molecule has 0 aliphatic rings. The van der Waals surface area contributed by atoms with Gasteiger partial charge in [0.15, 0.2) is 0 Å². The molecule has 0 amide bonds. The third-order valence-corrected chi connectivity index (χ3v) is 9.34. The average Bonchev–Trinajstić information content (AvgIpc) is 3.66. The van der Waals surface area contributed by atoms with Gasteiger partial charge >= 0.3 is 35.8 Å². The molecule has 0 spiro atoms. The molecule has 0 saturated carbocycles. The molecule has 0 aliphatic heterocycles. The van der Waals surface area contributed by atoms with E-state index in [0.29, 0.717) is 25.2 Å². The van der Waals surface area contributed by atoms with Gasteiger partial charge in [-0.15, -0.1) is 0 Å². The molecule has 66 heavy (non-hydrogen) atoms. The monoisotopic (exact) mass is 930 g/mol. The lowest BCUT2D eigenvalue weighted by molar-refractivity contribution is -0.140. The number of phenolic OH excluding ortho intramolecular Hbond substituents is 1. The van der Waals surface area contributed by atoms with Crippen LogP contribution in [-0.4, -0.2) is 113 Å². The van der Waals surface area contributed by atoms with E-state index in [2.05, 4.69) is 4.98 Å². The summed E-state index contributed by atoms with van der Waals surface area (Å²) < 4.78 is 0. The maximum Gasteiger partial charge on any atom is 0.320 e. The number of phenols is 1. The van der Waals surface area contributed by atoms with Crippen molar-refractivity contribution in [1.82, 2.24) is 4.98 Å². The maximum absolute atomic E-state index is 10.6. The number of nitrogens with two attached hydrogens (primary N) is 6. The third kappa shape index (κ3) is 27.7. The number of aromatic nitrogens is 1. The van der Waals surface area contributed by atoms with Crippen LogP contribution in [0.5, 0.6) is 5.75 Å². The van der Waals surface area contributed by atoms with E-state index >= 15 is 0 Å². The first-order valence-corrected chi connectivity index (χ1v) is 20.9. The molecule has 0 aliphatic carbocycles. The Kier molecular flexibility index (Phi) is 30.9. The minimum absolute atomic E-state index is 0.0208. The SMILES string of the molecule is CC(C)C[C@H](N)C(=O)O.CC(C)[C@H](N)C(=O)O.CC[C@H](C)[C@H](N)C(=O)O.N[C@@H](Cc1c[nH]c2ccccc12)C(=O)O.N[C@@H](Cc1ccc(O)cc1)C(=O)O.N[C@@H](Cc1ccccc1)C(=O)O. The van der Waals surface area contributed by atoms with E-state index in [1.807, 2.05) is 88.5 Å². The van der Waals surface area contributed by atoms with Crippen molar-refractivity contribution in [3.8, 4) is 5.75 Å². The fourth-order valence-corrected chi connectivity index (χ4v) is 4.94. The number of nitrogens with one attached hydrogen (secondary N) is 1. The predicted octanol–water partition coefficient (Wildman–Crippen LogP) is 3.05. The molecule has 20 N–H and O–H groups in total. The number of aromatic hydroxyl groups is 1. The summed E-state index contributed by atoms with van der Waals surface area (Å²) in [6.07, 6.45) is 4.18. The van der Waals surface area contributed by atoms with Crippen LogP contribution in [0.1, 0.15) is 71.1 Å². The summed E-state index contributed by atoms with van der Waals surface area (Å²) >= 11 is 0. The van der Waals surface area contributed by atoms with Crippen LogP contribution >= 0.6 is 0 Å². The van der Waals surface area contributed by atoms with Crippen molar-refractivity contribution in [2.75, 3.05) is 0 Å². The first-order valence-electron chi connectivity index (χ1n) is 20.9. The minimum Gasteiger partial charge on any atom is -0.508 e. The van der Waals surface area contributed by atoms with Gasteiger partial charge in [-0.25, -0.2) is 0 Å². The van der Waals surface area contributed by atoms with Gasteiger partial charge in [0.05, 0.1) is 0 Å². The number of carboxylic acids is 6. The number of carbonyl (C=O) groups is 6. The van der Waals surface area contributed by atoms with Gasteiger partial charge in [0.25, 0.3) is 0 Å². The zero-order chi connectivity index (χ0) is 51.3. The van der Waals surface area contributed by atoms with Crippen molar-refractivity contribution in [3.63, 3.8) is 0 Å². The van der Waals surface area contributed by atoms with E-state index in [4.69, 9.17) is 70.1 Å². The van der Waals surface area contributed by atoms with Gasteiger partial charge < -0.3 is 75.1 Å². The number of benzene rings is 3. The molecule has 20 nitrogen and oxygen atoms in total. The van der Waals surface area contributed by atoms with Gasteiger partial charge in [0.2, 0.25) is 0 Å². The molecular weight excluding hydrogens is 859 g/mol. The normalized spacial score (nSPS) is 13.5. The van der Waals surface area contributed by atoms with Crippen LogP contribution in [0, 0.1) is 17.8 Å². The summed E-state index contributed by atoms with van der Waals surface area (Å²) in [7, 11) is 0. The summed E-state index contributed by atoms with van der Waals surface area (Å²) in [6.45, 7) is 11.2. The van der Waals surface area contributed by atoms with E-state index < -0.39 is 72.1 Å². The Bertz CT molecular complexity index is 2030. The molecule has 3 aromatic carbocycles. The van der Waals surface area contributed by atoms with E-state index in [-0.39, 0.29) is 24.0 Å². The highest BCUT2D eigenvalue weighted by Crippen LogP contribution is 2.18. The lowest BCUT2D eigenvalue weighted by Gasteiger charge is -2.11. The zero-order valence-electron chi connectivity index (χ0n) is 38.4. The summed E-state index contributed by atoms with van der Waals surface area (Å²) in [6, 6.07) is 18.8. The number of para-hydroxylation sites is 1. The Labute approximate surface area is 385 Å². The second kappa shape index (κ2) is 33.1. The molecular formula is C46H71N7O13. The Balaban J connectivity index is 0. The fraction of sp³-hybridized carbons (Fsp3) is 0.435. The van der Waals surface area contributed by atoms with Crippen molar-refractivity contribution in [3.05, 3.63) is 102 Å². The highest BCUT2D eigenvalue weighted by atomic mass is 16.4. The number of rotatable bonds is 17. The van der Waals surface area contributed by atoms with Crippen molar-refractivity contribution >= 4 is 46.7 Å². The molecule has 1 heterocycles. The van der Waals surface area contributed by atoms with Crippen molar-refractivity contribution in [1.29, 1.82) is 0 Å². The van der Waals surface area contributed by atoms with Crippen LogP contribution in [0.15, 0.2) is 85.1 Å². The van der Waals surface area contributed by atoms with Crippen LogP contribution in [-0.2, 0) is 48.0 Å². The van der Waals surface area contributed by atoms with Crippen molar-refractivity contribution < 1.29 is 64.5 Å². The number of carboxylic acid groups (broad SMARTS) is 6. The van der Waals surface area contributed by atoms with Crippen LogP contribution < -0.4 is 34.4 Å². The molecule has 7 atom stereocenters. The molecule has 4 rings (SSSR count). The Morgan fingerprint density at radius 1 is 0.515 bits per heavy atom. The van der Waals surface area contributed by atoms with E-state index in [9.17, 15) is 28.8 Å². The Morgan fingerprint density at radius 2 is 0.924 bits per heavy atom. The first-order chi connectivity index (χ1) is 30.7. The third-order valence-electron chi connectivity index (χ3n) is 9.34. The highest BCUT2D eigenvalue weighted by Gasteiger charge is 2.18. The van der Waals surface area contributed by atoms with E-state index in [1.54, 1.807) is 26.0 Å². The van der Waals surface area contributed by atoms with Gasteiger partial charge in [-0.05, 0) is 71.9 Å². The van der Waals surface area contributed by atoms with E-state index in [0.717, 1.165) is 34.0 Å². The maximum atomic E-state index is 10.6. The molecule has 0 fully saturated rings. The summed E-state index contributed by atoms with van der Waals surface area (Å²) in [5.74, 6) is -5.10. The van der Waals surface area contributed by atoms with E-state index in [1.165, 1.54) is 12.1 Å². The topological polar surface area (TPSA) is 416 Å². The largest absolute Gasteiger partial charge is 0.508 e. The van der Waals surface area contributed by atoms with Crippen molar-refractivity contribution in [2.45, 2.75) is 110 Å². The van der Waals surface area contributed by atoms with Crippen LogP contribution in [0.3, 0.4) is 0 Å². The number of aromatic amines is 1. The standard InChI is InChI=1S/C11H12N2O2.C9H11NO3.C9H11NO2.2C6H13NO2.C5H11NO2/c12-9(11(14)15)5-7-6-13-10-4-2-1-3-8(7)10;10-8(9(12)13)5-6-1-3-7(11)4-2-6;10-8(9(11)12)6-7-4-2-1-3-5-7;1-4(2)3-5(7)6(8)9;1-3-4(2)5(7)6(8)9;1-3(2)4(6)5(7)8/h1-4,6,9,13H,5,12H2,(H,14,15);1-4,8,11H,5,10H2,(H,12,13);1-5,8H,6,10H2,(H,11,12);2*4-5H,3,7H2,1-2H3,(H,8,9);3-4H,6H2,1-2H3,(H,7,8)/t9-;2*8-;5-;4-,5-;4-/m000000/s1. The minimum atomic E-state index is -1.02. The molecule has 0 unspecified atom stereocenters. The summed E-state index contributed by atoms with van der Waals surface area (Å²) in [4.78, 5) is 64.8. The highest BCUT2D eigenvalue weighted by molar-refractivity contribution is 5.84. The molecule has 0 radical (unpaired) electrons. The quantitative estimate of drug-likeness (QED) is 0.0723. The summed E-state index contributed by atoms with van der Waals surface area (Å²) in [5.41, 5.74) is 35.5. The first kappa shape index (κ1) is 61.7. The van der Waals surface area contributed by atoms with Crippen LogP contribution in [0.25, 0.3) is 10.9 Å². The zero-order valence-corrected chi connectivity index (χ0v) is 38.4. The molecule has 1 aromatic heterocycles. The average molecular weight is 930 g/mol. The van der Waals surface area contributed by atoms with Gasteiger partial charge in [0.1, 0.15) is 42.0 Å². The Hall–Kier alpha value is -6.42. The molecule has 20 heteroatoms. The van der Waals surface area contributed by atoms with Gasteiger partial charge in [-0.2, -0.15) is 0 Å². The molecule has 4 aromatic rings. The summed E-state index contributed by atoms with van der Waals surface area (Å²) in [5, 5.41) is 60.6. The predicted molar refractivity (Wildman–Crippen MR) is 251 cm³/mol. The van der Waals surface area contributed by atoms with Gasteiger partial charge in [0, 0.05) is 23.5 Å². The Morgan fingerprint density at radius 3 is 1.27 bits per heavy atom. The smallest absolute Gasteiger partial charge is 0.320 e. The number of H-pyrrole nitrogens is 1. The van der Waals surface area contributed by atoms with Crippen LogP contribution in [0.4, 0.5) is 0 Å². The fourth-order valence-electron chi connectivity index (χ4n) is 4.94.